The van der Waals surface area contributed by atoms with Crippen LogP contribution >= 0.6 is 11.8 Å². The summed E-state index contributed by atoms with van der Waals surface area (Å²) in [5, 5.41) is 2.80. The molecule has 6 heteroatoms. The SMILES string of the molecule is COC(=O)[C@H](CC(C)C)NC(=O)[C@H](N)CSC(c1ccccc1)(c1ccccc1)c1ccccc1. The maximum Gasteiger partial charge on any atom is 0.328 e. The number of rotatable bonds is 11. The van der Waals surface area contributed by atoms with Crippen molar-refractivity contribution >= 4 is 23.6 Å². The molecule has 0 radical (unpaired) electrons. The number of benzene rings is 3. The summed E-state index contributed by atoms with van der Waals surface area (Å²) in [6, 6.07) is 29.2. The Bertz CT molecular complexity index is 978. The van der Waals surface area contributed by atoms with Crippen molar-refractivity contribution in [2.75, 3.05) is 12.9 Å². The molecule has 1 amide bonds. The number of carbonyl (C=O) groups is 2. The monoisotopic (exact) mass is 490 g/mol. The van der Waals surface area contributed by atoms with Gasteiger partial charge in [-0.05, 0) is 29.0 Å². The number of esters is 1. The fourth-order valence-corrected chi connectivity index (χ4v) is 5.65. The molecule has 0 spiro atoms. The highest BCUT2D eigenvalue weighted by atomic mass is 32.2. The average Bonchev–Trinajstić information content (AvgIpc) is 2.89. The van der Waals surface area contributed by atoms with E-state index in [0.717, 1.165) is 16.7 Å². The Morgan fingerprint density at radius 2 is 1.29 bits per heavy atom. The van der Waals surface area contributed by atoms with Gasteiger partial charge >= 0.3 is 5.97 Å². The molecule has 0 fully saturated rings. The largest absolute Gasteiger partial charge is 0.467 e. The second kappa shape index (κ2) is 12.6. The topological polar surface area (TPSA) is 81.4 Å². The molecule has 0 saturated carbocycles. The third-order valence-electron chi connectivity index (χ3n) is 5.87. The molecule has 0 aliphatic heterocycles. The summed E-state index contributed by atoms with van der Waals surface area (Å²) in [5.74, 6) is -0.261. The molecular formula is C29H34N2O3S. The predicted molar refractivity (Wildman–Crippen MR) is 143 cm³/mol. The fraction of sp³-hybridized carbons (Fsp3) is 0.310. The molecule has 0 unspecified atom stereocenters. The van der Waals surface area contributed by atoms with Crippen LogP contribution in [0, 0.1) is 5.92 Å². The maximum atomic E-state index is 13.0. The molecule has 0 aromatic heterocycles. The second-order valence-corrected chi connectivity index (χ2v) is 10.1. The fourth-order valence-electron chi connectivity index (χ4n) is 4.17. The van der Waals surface area contributed by atoms with Crippen LogP contribution in [0.5, 0.6) is 0 Å². The highest BCUT2D eigenvalue weighted by Gasteiger charge is 2.38. The number of nitrogens with one attached hydrogen (secondary N) is 1. The molecule has 0 aliphatic carbocycles. The van der Waals surface area contributed by atoms with Crippen molar-refractivity contribution in [2.45, 2.75) is 37.1 Å². The van der Waals surface area contributed by atoms with E-state index >= 15 is 0 Å². The summed E-state index contributed by atoms with van der Waals surface area (Å²) in [7, 11) is 1.32. The van der Waals surface area contributed by atoms with Gasteiger partial charge in [0, 0.05) is 5.75 Å². The van der Waals surface area contributed by atoms with Crippen molar-refractivity contribution in [3.05, 3.63) is 108 Å². The van der Waals surface area contributed by atoms with Crippen LogP contribution in [0.15, 0.2) is 91.0 Å². The lowest BCUT2D eigenvalue weighted by Gasteiger charge is -2.36. The lowest BCUT2D eigenvalue weighted by molar-refractivity contribution is -0.145. The van der Waals surface area contributed by atoms with E-state index < -0.39 is 22.8 Å². The van der Waals surface area contributed by atoms with Crippen molar-refractivity contribution < 1.29 is 14.3 Å². The number of nitrogens with two attached hydrogens (primary N) is 1. The molecule has 184 valence electrons. The maximum absolute atomic E-state index is 13.0. The van der Waals surface area contributed by atoms with Gasteiger partial charge in [0.25, 0.3) is 0 Å². The number of ether oxygens (including phenoxy) is 1. The zero-order valence-electron chi connectivity index (χ0n) is 20.5. The van der Waals surface area contributed by atoms with Gasteiger partial charge in [-0.3, -0.25) is 4.79 Å². The minimum Gasteiger partial charge on any atom is -0.467 e. The van der Waals surface area contributed by atoms with Gasteiger partial charge in [-0.15, -0.1) is 11.8 Å². The highest BCUT2D eigenvalue weighted by molar-refractivity contribution is 8.00. The third kappa shape index (κ3) is 6.53. The normalized spacial score (nSPS) is 13.2. The molecule has 3 aromatic rings. The van der Waals surface area contributed by atoms with Crippen LogP contribution in [0.25, 0.3) is 0 Å². The van der Waals surface area contributed by atoms with Crippen LogP contribution in [0.3, 0.4) is 0 Å². The Balaban J connectivity index is 1.93. The molecule has 3 N–H and O–H groups in total. The van der Waals surface area contributed by atoms with Crippen molar-refractivity contribution in [3.8, 4) is 0 Å². The number of carbonyl (C=O) groups excluding carboxylic acids is 2. The van der Waals surface area contributed by atoms with Gasteiger partial charge in [-0.25, -0.2) is 4.79 Å². The lowest BCUT2D eigenvalue weighted by atomic mass is 9.84. The first-order valence-electron chi connectivity index (χ1n) is 11.8. The van der Waals surface area contributed by atoms with Crippen LogP contribution in [0.1, 0.15) is 37.0 Å². The minimum atomic E-state index is -0.810. The predicted octanol–water partition coefficient (Wildman–Crippen LogP) is 4.74. The van der Waals surface area contributed by atoms with Crippen LogP contribution in [0.2, 0.25) is 0 Å². The molecule has 0 aliphatic rings. The summed E-state index contributed by atoms with van der Waals surface area (Å²) >= 11 is 1.62. The number of methoxy groups -OCH3 is 1. The second-order valence-electron chi connectivity index (χ2n) is 8.91. The van der Waals surface area contributed by atoms with Gasteiger partial charge in [0.05, 0.1) is 17.9 Å². The summed E-state index contributed by atoms with van der Waals surface area (Å²) in [6.07, 6.45) is 0.486. The molecule has 5 nitrogen and oxygen atoms in total. The lowest BCUT2D eigenvalue weighted by Crippen LogP contribution is -2.50. The number of amides is 1. The van der Waals surface area contributed by atoms with Gasteiger partial charge in [0.2, 0.25) is 5.91 Å². The Kier molecular flexibility index (Phi) is 9.52. The zero-order valence-corrected chi connectivity index (χ0v) is 21.3. The number of hydrogen-bond donors (Lipinski definition) is 2. The van der Waals surface area contributed by atoms with Gasteiger partial charge in [-0.1, -0.05) is 105 Å². The van der Waals surface area contributed by atoms with Crippen molar-refractivity contribution in [1.29, 1.82) is 0 Å². The molecule has 3 aromatic carbocycles. The average molecular weight is 491 g/mol. The van der Waals surface area contributed by atoms with Crippen molar-refractivity contribution in [3.63, 3.8) is 0 Å². The smallest absolute Gasteiger partial charge is 0.328 e. The molecule has 0 bridgehead atoms. The zero-order chi connectivity index (χ0) is 25.3. The summed E-state index contributed by atoms with van der Waals surface area (Å²) in [6.45, 7) is 3.98. The Labute approximate surface area is 212 Å². The molecule has 3 rings (SSSR count). The van der Waals surface area contributed by atoms with E-state index in [0.29, 0.717) is 12.2 Å². The van der Waals surface area contributed by atoms with E-state index in [-0.39, 0.29) is 11.8 Å². The van der Waals surface area contributed by atoms with E-state index in [1.807, 2.05) is 68.4 Å². The molecular weight excluding hydrogens is 456 g/mol. The standard InChI is InChI=1S/C29H34N2O3S/c1-21(2)19-26(28(33)34-3)31-27(32)25(30)20-35-29(22-13-7-4-8-14-22,23-15-9-5-10-16-23)24-17-11-6-12-18-24/h4-18,21,25-26H,19-20,30H2,1-3H3,(H,31,32)/t25-,26+/m1/s1. The van der Waals surface area contributed by atoms with E-state index in [4.69, 9.17) is 10.5 Å². The van der Waals surface area contributed by atoms with Crippen LogP contribution in [0.4, 0.5) is 0 Å². The van der Waals surface area contributed by atoms with E-state index in [1.165, 1.54) is 7.11 Å². The highest BCUT2D eigenvalue weighted by Crippen LogP contribution is 2.48. The molecule has 35 heavy (non-hydrogen) atoms. The van der Waals surface area contributed by atoms with E-state index in [2.05, 4.69) is 41.7 Å². The first-order valence-corrected chi connectivity index (χ1v) is 12.8. The number of thioether (sulfide) groups is 1. The van der Waals surface area contributed by atoms with E-state index in [9.17, 15) is 9.59 Å². The van der Waals surface area contributed by atoms with Crippen LogP contribution in [-0.2, 0) is 19.1 Å². The Morgan fingerprint density at radius 1 is 0.857 bits per heavy atom. The van der Waals surface area contributed by atoms with Gasteiger partial charge in [0.15, 0.2) is 0 Å². The minimum absolute atomic E-state index is 0.215. The Morgan fingerprint density at radius 3 is 1.66 bits per heavy atom. The molecule has 0 heterocycles. The van der Waals surface area contributed by atoms with Gasteiger partial charge in [-0.2, -0.15) is 0 Å². The van der Waals surface area contributed by atoms with Gasteiger partial charge in [0.1, 0.15) is 6.04 Å². The van der Waals surface area contributed by atoms with Crippen molar-refractivity contribution in [2.24, 2.45) is 11.7 Å². The summed E-state index contributed by atoms with van der Waals surface area (Å²) in [5.41, 5.74) is 9.69. The summed E-state index contributed by atoms with van der Waals surface area (Å²) in [4.78, 5) is 25.2. The quantitative estimate of drug-likeness (QED) is 0.300. The van der Waals surface area contributed by atoms with Crippen molar-refractivity contribution in [1.82, 2.24) is 5.32 Å². The third-order valence-corrected chi connectivity index (χ3v) is 7.53. The van der Waals surface area contributed by atoms with Crippen LogP contribution in [-0.4, -0.2) is 36.8 Å². The summed E-state index contributed by atoms with van der Waals surface area (Å²) < 4.78 is 4.31. The Hall–Kier alpha value is -3.09. The first-order chi connectivity index (χ1) is 16.9. The van der Waals surface area contributed by atoms with Crippen LogP contribution < -0.4 is 11.1 Å². The van der Waals surface area contributed by atoms with E-state index in [1.54, 1.807) is 11.8 Å². The molecule has 0 saturated heterocycles. The molecule has 2 atom stereocenters. The first kappa shape index (κ1) is 26.5. The van der Waals surface area contributed by atoms with Gasteiger partial charge < -0.3 is 15.8 Å². The number of hydrogen-bond acceptors (Lipinski definition) is 5.